The third-order valence-corrected chi connectivity index (χ3v) is 5.88. The Morgan fingerprint density at radius 2 is 1.54 bits per heavy atom. The van der Waals surface area contributed by atoms with Gasteiger partial charge in [0.25, 0.3) is 0 Å². The van der Waals surface area contributed by atoms with Crippen LogP contribution >= 0.6 is 0 Å². The lowest BCUT2D eigenvalue weighted by Crippen LogP contribution is -2.05. The highest BCUT2D eigenvalue weighted by Gasteiger charge is 2.20. The van der Waals surface area contributed by atoms with Crippen molar-refractivity contribution in [2.45, 2.75) is 13.3 Å². The summed E-state index contributed by atoms with van der Waals surface area (Å²) in [6, 6.07) is 23.0. The monoisotopic (exact) mass is 465 g/mol. The minimum atomic E-state index is -0.298. The Kier molecular flexibility index (Phi) is 5.66. The molecule has 0 aliphatic carbocycles. The van der Waals surface area contributed by atoms with E-state index in [1.165, 1.54) is 18.0 Å². The molecule has 7 nitrogen and oxygen atoms in total. The number of ketones is 1. The highest BCUT2D eigenvalue weighted by Crippen LogP contribution is 2.35. The van der Waals surface area contributed by atoms with Crippen LogP contribution in [0.3, 0.4) is 0 Å². The number of fused-ring (bicyclic) bond motifs is 1. The summed E-state index contributed by atoms with van der Waals surface area (Å²) in [6.07, 6.45) is 0.264. The van der Waals surface area contributed by atoms with Crippen molar-refractivity contribution in [3.63, 3.8) is 0 Å². The van der Waals surface area contributed by atoms with Gasteiger partial charge >= 0.3 is 0 Å². The molecule has 0 fully saturated rings. The number of carbonyl (C=O) groups excluding carboxylic acids is 1. The SMILES string of the molecule is COc1cc(O)c(C(=O)c2ccccc2)cc1Cc1cc(C)cc(-n2nc3ccccc3n2)c1O. The minimum Gasteiger partial charge on any atom is -0.507 e. The van der Waals surface area contributed by atoms with Crippen LogP contribution in [0.1, 0.15) is 32.6 Å². The topological polar surface area (TPSA) is 97.5 Å². The van der Waals surface area contributed by atoms with Gasteiger partial charge in [0.05, 0.1) is 12.7 Å². The summed E-state index contributed by atoms with van der Waals surface area (Å²) in [4.78, 5) is 14.5. The molecule has 2 N–H and O–H groups in total. The van der Waals surface area contributed by atoms with Gasteiger partial charge in [-0.1, -0.05) is 48.5 Å². The molecule has 7 heteroatoms. The Morgan fingerprint density at radius 1 is 0.886 bits per heavy atom. The van der Waals surface area contributed by atoms with Crippen molar-refractivity contribution in [1.29, 1.82) is 0 Å². The Hall–Kier alpha value is -4.65. The molecule has 0 aliphatic heterocycles. The van der Waals surface area contributed by atoms with Gasteiger partial charge < -0.3 is 14.9 Å². The summed E-state index contributed by atoms with van der Waals surface area (Å²) in [5.74, 6) is -0.0193. The van der Waals surface area contributed by atoms with Gasteiger partial charge in [-0.2, -0.15) is 0 Å². The number of aryl methyl sites for hydroxylation is 1. The van der Waals surface area contributed by atoms with E-state index < -0.39 is 0 Å². The van der Waals surface area contributed by atoms with E-state index in [9.17, 15) is 15.0 Å². The molecule has 0 spiro atoms. The molecular formula is C28H23N3O4. The zero-order chi connectivity index (χ0) is 24.5. The second-order valence-electron chi connectivity index (χ2n) is 8.32. The molecule has 0 bridgehead atoms. The van der Waals surface area contributed by atoms with Gasteiger partial charge in [0.2, 0.25) is 0 Å². The van der Waals surface area contributed by atoms with E-state index in [1.54, 1.807) is 30.3 Å². The van der Waals surface area contributed by atoms with Crippen LogP contribution in [-0.2, 0) is 6.42 Å². The van der Waals surface area contributed by atoms with Gasteiger partial charge in [0.1, 0.15) is 34.0 Å². The molecule has 5 rings (SSSR count). The smallest absolute Gasteiger partial charge is 0.196 e. The minimum absolute atomic E-state index is 0.0296. The summed E-state index contributed by atoms with van der Waals surface area (Å²) < 4.78 is 5.48. The first kappa shape index (κ1) is 22.2. The second-order valence-corrected chi connectivity index (χ2v) is 8.32. The lowest BCUT2D eigenvalue weighted by molar-refractivity contribution is 0.103. The third-order valence-electron chi connectivity index (χ3n) is 5.88. The van der Waals surface area contributed by atoms with Gasteiger partial charge in [0, 0.05) is 23.6 Å². The number of aromatic nitrogens is 3. The number of hydrogen-bond donors (Lipinski definition) is 2. The maximum Gasteiger partial charge on any atom is 0.196 e. The zero-order valence-corrected chi connectivity index (χ0v) is 19.3. The second kappa shape index (κ2) is 8.95. The number of aromatic hydroxyl groups is 2. The number of rotatable bonds is 6. The van der Waals surface area contributed by atoms with Gasteiger partial charge in [-0.25, -0.2) is 0 Å². The highest BCUT2D eigenvalue weighted by molar-refractivity contribution is 6.10. The van der Waals surface area contributed by atoms with Crippen molar-refractivity contribution >= 4 is 16.8 Å². The van der Waals surface area contributed by atoms with E-state index in [2.05, 4.69) is 10.2 Å². The first-order valence-electron chi connectivity index (χ1n) is 11.1. The molecule has 4 aromatic carbocycles. The van der Waals surface area contributed by atoms with Crippen molar-refractivity contribution in [2.24, 2.45) is 0 Å². The number of phenols is 2. The summed E-state index contributed by atoms with van der Waals surface area (Å²) in [7, 11) is 1.50. The average Bonchev–Trinajstić information content (AvgIpc) is 3.31. The zero-order valence-electron chi connectivity index (χ0n) is 19.3. The number of hydrogen-bond acceptors (Lipinski definition) is 6. The maximum atomic E-state index is 13.0. The molecule has 0 atom stereocenters. The fraction of sp³-hybridized carbons (Fsp3) is 0.107. The van der Waals surface area contributed by atoms with E-state index in [1.807, 2.05) is 49.4 Å². The normalized spacial score (nSPS) is 11.0. The predicted octanol–water partition coefficient (Wildman–Crippen LogP) is 4.97. The number of benzene rings is 4. The average molecular weight is 466 g/mol. The van der Waals surface area contributed by atoms with Gasteiger partial charge in [-0.05, 0) is 42.3 Å². The molecule has 1 heterocycles. The predicted molar refractivity (Wildman–Crippen MR) is 133 cm³/mol. The van der Waals surface area contributed by atoms with E-state index in [4.69, 9.17) is 4.74 Å². The van der Waals surface area contributed by atoms with Gasteiger partial charge in [-0.3, -0.25) is 4.79 Å². The molecular weight excluding hydrogens is 442 g/mol. The molecule has 0 saturated heterocycles. The summed E-state index contributed by atoms with van der Waals surface area (Å²) >= 11 is 0. The fourth-order valence-corrected chi connectivity index (χ4v) is 4.16. The fourth-order valence-electron chi connectivity index (χ4n) is 4.16. The van der Waals surface area contributed by atoms with Gasteiger partial charge in [-0.15, -0.1) is 15.0 Å². The van der Waals surface area contributed by atoms with Crippen LogP contribution in [0.15, 0.2) is 78.9 Å². The van der Waals surface area contributed by atoms with E-state index in [-0.39, 0.29) is 29.3 Å². The molecule has 174 valence electrons. The quantitative estimate of drug-likeness (QED) is 0.344. The lowest BCUT2D eigenvalue weighted by Gasteiger charge is -2.15. The van der Waals surface area contributed by atoms with Crippen LogP contribution in [0.5, 0.6) is 17.2 Å². The number of nitrogens with zero attached hydrogens (tertiary/aromatic N) is 3. The van der Waals surface area contributed by atoms with Crippen molar-refractivity contribution in [1.82, 2.24) is 15.0 Å². The van der Waals surface area contributed by atoms with E-state index in [0.717, 1.165) is 16.6 Å². The number of ether oxygens (including phenoxy) is 1. The van der Waals surface area contributed by atoms with Crippen molar-refractivity contribution in [2.75, 3.05) is 7.11 Å². The highest BCUT2D eigenvalue weighted by atomic mass is 16.5. The largest absolute Gasteiger partial charge is 0.507 e. The standard InChI is InChI=1S/C28H23N3O4/c1-17-12-20(28(34)24(13-17)31-29-22-10-6-7-11-23(22)30-31)14-19-15-21(25(32)16-26(19)35-2)27(33)18-8-4-3-5-9-18/h3-13,15-16,32,34H,14H2,1-2H3. The number of carbonyl (C=O) groups is 1. The van der Waals surface area contributed by atoms with Crippen LogP contribution < -0.4 is 4.74 Å². The molecule has 1 aromatic heterocycles. The molecule has 35 heavy (non-hydrogen) atoms. The Balaban J connectivity index is 1.57. The summed E-state index contributed by atoms with van der Waals surface area (Å²) in [5.41, 5.74) is 4.70. The van der Waals surface area contributed by atoms with Crippen molar-refractivity contribution in [3.05, 3.63) is 107 Å². The maximum absolute atomic E-state index is 13.0. The van der Waals surface area contributed by atoms with E-state index >= 15 is 0 Å². The van der Waals surface area contributed by atoms with E-state index in [0.29, 0.717) is 28.1 Å². The van der Waals surface area contributed by atoms with Crippen LogP contribution in [0.25, 0.3) is 16.7 Å². The van der Waals surface area contributed by atoms with Crippen LogP contribution in [0.2, 0.25) is 0 Å². The molecule has 0 radical (unpaired) electrons. The van der Waals surface area contributed by atoms with Crippen LogP contribution in [-0.4, -0.2) is 38.1 Å². The van der Waals surface area contributed by atoms with Gasteiger partial charge in [0.15, 0.2) is 5.78 Å². The lowest BCUT2D eigenvalue weighted by atomic mass is 9.95. The molecule has 0 aliphatic rings. The Labute approximate surface area is 201 Å². The first-order valence-corrected chi connectivity index (χ1v) is 11.1. The Morgan fingerprint density at radius 3 is 2.20 bits per heavy atom. The number of methoxy groups -OCH3 is 1. The van der Waals surface area contributed by atoms with Crippen molar-refractivity contribution in [3.8, 4) is 22.9 Å². The summed E-state index contributed by atoms with van der Waals surface area (Å²) in [5, 5.41) is 30.7. The molecule has 0 saturated carbocycles. The van der Waals surface area contributed by atoms with Crippen LogP contribution in [0.4, 0.5) is 0 Å². The Bertz CT molecular complexity index is 1530. The molecule has 0 amide bonds. The third kappa shape index (κ3) is 4.19. The molecule has 5 aromatic rings. The van der Waals surface area contributed by atoms with Crippen LogP contribution in [0, 0.1) is 6.92 Å². The summed E-state index contributed by atoms with van der Waals surface area (Å²) in [6.45, 7) is 1.92. The first-order chi connectivity index (χ1) is 16.9. The van der Waals surface area contributed by atoms with Crippen molar-refractivity contribution < 1.29 is 19.7 Å². The number of phenolic OH excluding ortho intramolecular Hbond substituents is 2. The molecule has 0 unspecified atom stereocenters.